The summed E-state index contributed by atoms with van der Waals surface area (Å²) in [5.41, 5.74) is 5.81. The molecule has 0 aromatic heterocycles. The summed E-state index contributed by atoms with van der Waals surface area (Å²) in [7, 11) is 0. The zero-order valence-corrected chi connectivity index (χ0v) is 12.7. The minimum atomic E-state index is -0.611. The maximum atomic E-state index is 10.5. The Balaban J connectivity index is 0.000000399. The second kappa shape index (κ2) is 10.6. The van der Waals surface area contributed by atoms with Gasteiger partial charge < -0.3 is 10.6 Å². The number of hydrogen-bond acceptors (Lipinski definition) is 2. The second-order valence-corrected chi connectivity index (χ2v) is 4.29. The number of primary amides is 1. The fourth-order valence-corrected chi connectivity index (χ4v) is 1.56. The third kappa shape index (κ3) is 8.41. The van der Waals surface area contributed by atoms with E-state index in [0.29, 0.717) is 0 Å². The third-order valence-corrected chi connectivity index (χ3v) is 2.97. The highest BCUT2D eigenvalue weighted by Gasteiger charge is 1.98. The molecule has 1 aromatic rings. The van der Waals surface area contributed by atoms with Crippen molar-refractivity contribution in [3.05, 3.63) is 40.9 Å². The molecule has 0 radical (unpaired) electrons. The molecule has 0 unspecified atom stereocenters. The number of halogens is 1. The van der Waals surface area contributed by atoms with Gasteiger partial charge in [-0.05, 0) is 31.3 Å². The Morgan fingerprint density at radius 2 is 1.63 bits per heavy atom. The smallest absolute Gasteiger partial charge is 0.260 e. The van der Waals surface area contributed by atoms with Gasteiger partial charge >= 0.3 is 0 Å². The van der Waals surface area contributed by atoms with E-state index in [9.17, 15) is 4.79 Å². The van der Waals surface area contributed by atoms with Gasteiger partial charge in [-0.3, -0.25) is 4.79 Å². The average Bonchev–Trinajstić information content (AvgIpc) is 2.42. The third-order valence-electron chi connectivity index (χ3n) is 2.67. The van der Waals surface area contributed by atoms with Crippen molar-refractivity contribution in [2.45, 2.75) is 20.8 Å². The van der Waals surface area contributed by atoms with Crippen molar-refractivity contribution in [2.24, 2.45) is 5.73 Å². The van der Waals surface area contributed by atoms with Gasteiger partial charge in [-0.2, -0.15) is 0 Å². The summed E-state index contributed by atoms with van der Waals surface area (Å²) in [6.07, 6.45) is 1.53. The molecular weight excluding hydrogens is 260 g/mol. The molecule has 0 bridgehead atoms. The van der Waals surface area contributed by atoms with Gasteiger partial charge in [0.05, 0.1) is 0 Å². The highest BCUT2D eigenvalue weighted by atomic mass is 35.5. The summed E-state index contributed by atoms with van der Waals surface area (Å²) < 4.78 is 0. The van der Waals surface area contributed by atoms with Crippen LogP contribution in [0.2, 0.25) is 0 Å². The lowest BCUT2D eigenvalue weighted by Gasteiger charge is -2.13. The van der Waals surface area contributed by atoms with Crippen LogP contribution in [-0.4, -0.2) is 30.4 Å². The molecule has 1 aromatic carbocycles. The van der Waals surface area contributed by atoms with Crippen molar-refractivity contribution in [3.63, 3.8) is 0 Å². The van der Waals surface area contributed by atoms with Crippen molar-refractivity contribution in [3.8, 4) is 0 Å². The molecule has 0 aliphatic heterocycles. The largest absolute Gasteiger partial charge is 0.365 e. The predicted molar refractivity (Wildman–Crippen MR) is 82.9 cm³/mol. The van der Waals surface area contributed by atoms with Gasteiger partial charge in [0.1, 0.15) is 5.03 Å². The maximum Gasteiger partial charge on any atom is 0.260 e. The second-order valence-electron chi connectivity index (χ2n) is 3.89. The molecule has 1 amide bonds. The zero-order chi connectivity index (χ0) is 14.7. The molecule has 1 rings (SSSR count). The van der Waals surface area contributed by atoms with Crippen LogP contribution < -0.4 is 5.73 Å². The summed E-state index contributed by atoms with van der Waals surface area (Å²) in [6, 6.07) is 9.28. The first-order valence-electron chi connectivity index (χ1n) is 6.49. The normalized spacial score (nSPS) is 10.9. The van der Waals surface area contributed by atoms with Crippen molar-refractivity contribution in [1.29, 1.82) is 0 Å². The van der Waals surface area contributed by atoms with E-state index in [1.54, 1.807) is 0 Å². The first-order chi connectivity index (χ1) is 9.04. The van der Waals surface area contributed by atoms with Gasteiger partial charge in [0, 0.05) is 0 Å². The molecule has 106 valence electrons. The molecule has 0 aliphatic rings. The van der Waals surface area contributed by atoms with Crippen LogP contribution in [0.3, 0.4) is 0 Å². The van der Waals surface area contributed by atoms with Crippen LogP contribution in [0.25, 0.3) is 6.08 Å². The fourth-order valence-electron chi connectivity index (χ4n) is 1.44. The minimum Gasteiger partial charge on any atom is -0.365 e. The zero-order valence-electron chi connectivity index (χ0n) is 11.9. The van der Waals surface area contributed by atoms with Crippen LogP contribution in [0.15, 0.2) is 35.4 Å². The van der Waals surface area contributed by atoms with Crippen LogP contribution in [-0.2, 0) is 4.79 Å². The summed E-state index contributed by atoms with van der Waals surface area (Å²) in [4.78, 5) is 12.9. The number of benzene rings is 1. The summed E-state index contributed by atoms with van der Waals surface area (Å²) in [5.74, 6) is -0.611. The Hall–Kier alpha value is -1.32. The van der Waals surface area contributed by atoms with Crippen molar-refractivity contribution >= 4 is 23.6 Å². The molecule has 19 heavy (non-hydrogen) atoms. The molecule has 0 saturated heterocycles. The first-order valence-corrected chi connectivity index (χ1v) is 6.87. The van der Waals surface area contributed by atoms with Crippen LogP contribution in [0.1, 0.15) is 26.3 Å². The highest BCUT2D eigenvalue weighted by molar-refractivity contribution is 6.43. The van der Waals surface area contributed by atoms with E-state index in [2.05, 4.69) is 25.7 Å². The SMILES string of the molecule is CCN(CC)CC.NC(=O)C(Cl)=Cc1ccccc1. The van der Waals surface area contributed by atoms with Crippen LogP contribution in [0.4, 0.5) is 0 Å². The van der Waals surface area contributed by atoms with E-state index in [1.807, 2.05) is 30.3 Å². The molecule has 3 nitrogen and oxygen atoms in total. The lowest BCUT2D eigenvalue weighted by molar-refractivity contribution is -0.113. The van der Waals surface area contributed by atoms with Gasteiger partial charge in [0.25, 0.3) is 5.91 Å². The lowest BCUT2D eigenvalue weighted by Crippen LogP contribution is -2.21. The summed E-state index contributed by atoms with van der Waals surface area (Å²) >= 11 is 5.54. The van der Waals surface area contributed by atoms with E-state index in [0.717, 1.165) is 5.56 Å². The molecule has 4 heteroatoms. The summed E-state index contributed by atoms with van der Waals surface area (Å²) in [6.45, 7) is 10.1. The van der Waals surface area contributed by atoms with Gasteiger partial charge in [0.15, 0.2) is 0 Å². The quantitative estimate of drug-likeness (QED) is 0.844. The maximum absolute atomic E-state index is 10.5. The lowest BCUT2D eigenvalue weighted by atomic mass is 10.2. The van der Waals surface area contributed by atoms with Crippen molar-refractivity contribution < 1.29 is 4.79 Å². The number of amides is 1. The number of hydrogen-bond donors (Lipinski definition) is 1. The van der Waals surface area contributed by atoms with E-state index in [4.69, 9.17) is 17.3 Å². The number of nitrogens with two attached hydrogens (primary N) is 1. The number of nitrogens with zero attached hydrogens (tertiary/aromatic N) is 1. The average molecular weight is 283 g/mol. The highest BCUT2D eigenvalue weighted by Crippen LogP contribution is 2.08. The topological polar surface area (TPSA) is 46.3 Å². The Labute approximate surface area is 121 Å². The predicted octanol–water partition coefficient (Wildman–Crippen LogP) is 3.10. The Kier molecular flexibility index (Phi) is 9.85. The van der Waals surface area contributed by atoms with Crippen LogP contribution in [0.5, 0.6) is 0 Å². The molecular formula is C15H23ClN2O. The summed E-state index contributed by atoms with van der Waals surface area (Å²) in [5, 5.41) is 0.0428. The number of carbonyl (C=O) groups is 1. The van der Waals surface area contributed by atoms with Gasteiger partial charge in [0.2, 0.25) is 0 Å². The van der Waals surface area contributed by atoms with E-state index >= 15 is 0 Å². The first kappa shape index (κ1) is 17.7. The molecule has 2 N–H and O–H groups in total. The molecule has 0 atom stereocenters. The van der Waals surface area contributed by atoms with Crippen molar-refractivity contribution in [2.75, 3.05) is 19.6 Å². The van der Waals surface area contributed by atoms with E-state index < -0.39 is 5.91 Å². The van der Waals surface area contributed by atoms with Gasteiger partial charge in [-0.25, -0.2) is 0 Å². The van der Waals surface area contributed by atoms with Crippen LogP contribution >= 0.6 is 11.6 Å². The van der Waals surface area contributed by atoms with E-state index in [1.165, 1.54) is 25.7 Å². The van der Waals surface area contributed by atoms with Gasteiger partial charge in [-0.1, -0.05) is 62.7 Å². The van der Waals surface area contributed by atoms with Crippen LogP contribution in [0, 0.1) is 0 Å². The minimum absolute atomic E-state index is 0.0428. The standard InChI is InChI=1S/C9H8ClNO.C6H15N/c10-8(9(11)12)6-7-4-2-1-3-5-7;1-4-7(5-2)6-3/h1-6H,(H2,11,12);4-6H2,1-3H3. The van der Waals surface area contributed by atoms with Crippen molar-refractivity contribution in [1.82, 2.24) is 4.90 Å². The fraction of sp³-hybridized carbons (Fsp3) is 0.400. The van der Waals surface area contributed by atoms with Gasteiger partial charge in [-0.15, -0.1) is 0 Å². The number of rotatable bonds is 5. The Morgan fingerprint density at radius 1 is 1.16 bits per heavy atom. The molecule has 0 fully saturated rings. The molecule has 0 aliphatic carbocycles. The van der Waals surface area contributed by atoms with E-state index in [-0.39, 0.29) is 5.03 Å². The monoisotopic (exact) mass is 282 g/mol. The molecule has 0 heterocycles. The Morgan fingerprint density at radius 3 is 1.95 bits per heavy atom. The number of carbonyl (C=O) groups excluding carboxylic acids is 1. The Bertz CT molecular complexity index is 381. The molecule has 0 spiro atoms. The molecule has 0 saturated carbocycles.